The molecule has 1 aliphatic heterocycles. The molecule has 1 N–H and O–H groups in total. The SMILES string of the molecule is COc1ccc2cc3n(c2c1)CC(C)(C(=O)NC1CCCCCC1)N(c1cccc(F)c1)C3=O. The van der Waals surface area contributed by atoms with E-state index in [1.165, 1.54) is 29.9 Å². The highest BCUT2D eigenvalue weighted by Crippen LogP contribution is 2.37. The second kappa shape index (κ2) is 8.78. The molecule has 0 radical (unpaired) electrons. The molecule has 1 aromatic heterocycles. The molecule has 1 unspecified atom stereocenters. The van der Waals surface area contributed by atoms with Gasteiger partial charge < -0.3 is 14.6 Å². The van der Waals surface area contributed by atoms with Gasteiger partial charge in [0.05, 0.1) is 19.2 Å². The molecule has 1 aliphatic carbocycles. The summed E-state index contributed by atoms with van der Waals surface area (Å²) in [5.74, 6) is -0.316. The van der Waals surface area contributed by atoms with Crippen LogP contribution in [-0.4, -0.2) is 35.1 Å². The van der Waals surface area contributed by atoms with Gasteiger partial charge in [0.1, 0.15) is 22.8 Å². The normalized spacial score (nSPS) is 21.3. The molecule has 7 heteroatoms. The number of ether oxygens (including phenoxy) is 1. The number of carbonyl (C=O) groups excluding carboxylic acids is 2. The van der Waals surface area contributed by atoms with Gasteiger partial charge in [0, 0.05) is 23.2 Å². The number of halogens is 1. The molecule has 2 aliphatic rings. The molecule has 34 heavy (non-hydrogen) atoms. The number of methoxy groups -OCH3 is 1. The first kappa shape index (κ1) is 22.4. The van der Waals surface area contributed by atoms with Crippen LogP contribution in [0.1, 0.15) is 55.9 Å². The number of aromatic nitrogens is 1. The van der Waals surface area contributed by atoms with Gasteiger partial charge in [-0.2, -0.15) is 0 Å². The zero-order valence-corrected chi connectivity index (χ0v) is 19.6. The van der Waals surface area contributed by atoms with Gasteiger partial charge in [-0.25, -0.2) is 4.39 Å². The van der Waals surface area contributed by atoms with E-state index in [1.54, 1.807) is 26.2 Å². The lowest BCUT2D eigenvalue weighted by Gasteiger charge is -2.44. The van der Waals surface area contributed by atoms with E-state index in [0.29, 0.717) is 17.1 Å². The molecule has 3 aromatic rings. The van der Waals surface area contributed by atoms with Crippen molar-refractivity contribution < 1.29 is 18.7 Å². The molecule has 178 valence electrons. The Balaban J connectivity index is 1.61. The minimum absolute atomic E-state index is 0.0826. The minimum atomic E-state index is -1.24. The second-order valence-corrected chi connectivity index (χ2v) is 9.60. The Morgan fingerprint density at radius 3 is 2.56 bits per heavy atom. The van der Waals surface area contributed by atoms with E-state index in [0.717, 1.165) is 36.6 Å². The van der Waals surface area contributed by atoms with Crippen LogP contribution in [0.4, 0.5) is 10.1 Å². The van der Waals surface area contributed by atoms with Crippen molar-refractivity contribution in [1.29, 1.82) is 0 Å². The Morgan fingerprint density at radius 2 is 1.85 bits per heavy atom. The van der Waals surface area contributed by atoms with Gasteiger partial charge in [-0.15, -0.1) is 0 Å². The van der Waals surface area contributed by atoms with Crippen molar-refractivity contribution in [2.45, 2.75) is 63.6 Å². The zero-order chi connectivity index (χ0) is 23.9. The van der Waals surface area contributed by atoms with Crippen LogP contribution in [0.15, 0.2) is 48.5 Å². The maximum Gasteiger partial charge on any atom is 0.275 e. The van der Waals surface area contributed by atoms with Crippen LogP contribution in [0.2, 0.25) is 0 Å². The zero-order valence-electron chi connectivity index (χ0n) is 19.6. The van der Waals surface area contributed by atoms with E-state index < -0.39 is 11.4 Å². The monoisotopic (exact) mass is 463 g/mol. The highest BCUT2D eigenvalue weighted by Gasteiger charge is 2.49. The van der Waals surface area contributed by atoms with Crippen LogP contribution in [0.25, 0.3) is 10.9 Å². The van der Waals surface area contributed by atoms with Crippen molar-refractivity contribution in [1.82, 2.24) is 9.88 Å². The first-order chi connectivity index (χ1) is 16.4. The molecule has 1 atom stereocenters. The molecule has 5 rings (SSSR count). The van der Waals surface area contributed by atoms with Gasteiger partial charge in [-0.1, -0.05) is 31.7 Å². The number of rotatable bonds is 4. The van der Waals surface area contributed by atoms with Gasteiger partial charge in [0.25, 0.3) is 5.91 Å². The Labute approximate surface area is 198 Å². The summed E-state index contributed by atoms with van der Waals surface area (Å²) in [6.07, 6.45) is 6.40. The van der Waals surface area contributed by atoms with E-state index >= 15 is 0 Å². The quantitative estimate of drug-likeness (QED) is 0.551. The van der Waals surface area contributed by atoms with Crippen molar-refractivity contribution >= 4 is 28.4 Å². The third-order valence-electron chi connectivity index (χ3n) is 7.24. The van der Waals surface area contributed by atoms with Crippen molar-refractivity contribution in [2.75, 3.05) is 12.0 Å². The Kier molecular flexibility index (Phi) is 5.80. The summed E-state index contributed by atoms with van der Waals surface area (Å²) in [5.41, 5.74) is 0.430. The summed E-state index contributed by atoms with van der Waals surface area (Å²) in [4.78, 5) is 29.2. The molecule has 1 fully saturated rings. The molecule has 0 saturated heterocycles. The fourth-order valence-corrected chi connectivity index (χ4v) is 5.38. The number of anilines is 1. The Hall–Kier alpha value is -3.35. The average molecular weight is 464 g/mol. The van der Waals surface area contributed by atoms with Crippen LogP contribution in [0.5, 0.6) is 5.75 Å². The summed E-state index contributed by atoms with van der Waals surface area (Å²) >= 11 is 0. The van der Waals surface area contributed by atoms with Crippen LogP contribution in [0, 0.1) is 5.82 Å². The highest BCUT2D eigenvalue weighted by atomic mass is 19.1. The van der Waals surface area contributed by atoms with E-state index in [-0.39, 0.29) is 24.4 Å². The number of fused-ring (bicyclic) bond motifs is 3. The van der Waals surface area contributed by atoms with Gasteiger partial charge >= 0.3 is 0 Å². The predicted molar refractivity (Wildman–Crippen MR) is 130 cm³/mol. The van der Waals surface area contributed by atoms with Crippen molar-refractivity contribution in [3.8, 4) is 5.75 Å². The van der Waals surface area contributed by atoms with E-state index in [4.69, 9.17) is 4.74 Å². The van der Waals surface area contributed by atoms with E-state index in [9.17, 15) is 14.0 Å². The number of carbonyl (C=O) groups is 2. The van der Waals surface area contributed by atoms with E-state index in [2.05, 4.69) is 5.32 Å². The minimum Gasteiger partial charge on any atom is -0.497 e. The summed E-state index contributed by atoms with van der Waals surface area (Å²) in [5, 5.41) is 4.12. The second-order valence-electron chi connectivity index (χ2n) is 9.60. The van der Waals surface area contributed by atoms with Gasteiger partial charge in [0.15, 0.2) is 0 Å². The summed E-state index contributed by atoms with van der Waals surface area (Å²) in [6.45, 7) is 2.02. The molecule has 1 saturated carbocycles. The molecule has 0 bridgehead atoms. The third-order valence-corrected chi connectivity index (χ3v) is 7.24. The third kappa shape index (κ3) is 3.83. The summed E-state index contributed by atoms with van der Waals surface area (Å²) < 4.78 is 21.5. The average Bonchev–Trinajstić information content (AvgIpc) is 2.98. The van der Waals surface area contributed by atoms with Crippen LogP contribution in [0.3, 0.4) is 0 Å². The fraction of sp³-hybridized carbons (Fsp3) is 0.407. The Bertz CT molecular complexity index is 1250. The van der Waals surface area contributed by atoms with Crippen molar-refractivity contribution in [3.05, 3.63) is 60.0 Å². The van der Waals surface area contributed by atoms with Gasteiger partial charge in [-0.3, -0.25) is 14.5 Å². The molecule has 0 spiro atoms. The lowest BCUT2D eigenvalue weighted by atomic mass is 9.92. The number of nitrogens with one attached hydrogen (secondary N) is 1. The summed E-state index contributed by atoms with van der Waals surface area (Å²) in [6, 6.07) is 13.4. The molecule has 2 amide bonds. The summed E-state index contributed by atoms with van der Waals surface area (Å²) in [7, 11) is 1.60. The lowest BCUT2D eigenvalue weighted by molar-refractivity contribution is -0.127. The lowest BCUT2D eigenvalue weighted by Crippen LogP contribution is -2.65. The Morgan fingerprint density at radius 1 is 1.09 bits per heavy atom. The van der Waals surface area contributed by atoms with Crippen LogP contribution in [-0.2, 0) is 11.3 Å². The smallest absolute Gasteiger partial charge is 0.275 e. The van der Waals surface area contributed by atoms with Gasteiger partial charge in [0.2, 0.25) is 5.91 Å². The number of hydrogen-bond acceptors (Lipinski definition) is 3. The highest BCUT2D eigenvalue weighted by molar-refractivity contribution is 6.14. The molecule has 2 aromatic carbocycles. The number of benzene rings is 2. The largest absolute Gasteiger partial charge is 0.497 e. The molecule has 6 nitrogen and oxygen atoms in total. The predicted octanol–water partition coefficient (Wildman–Crippen LogP) is 5.05. The first-order valence-electron chi connectivity index (χ1n) is 12.0. The number of amides is 2. The molecular weight excluding hydrogens is 433 g/mol. The van der Waals surface area contributed by atoms with Crippen LogP contribution < -0.4 is 15.0 Å². The van der Waals surface area contributed by atoms with E-state index in [1.807, 2.05) is 28.8 Å². The standard InChI is InChI=1S/C27H30FN3O3/c1-27(26(33)29-20-9-5-3-4-6-10-20)17-30-23-16-22(34-2)13-12-18(23)14-24(30)25(32)31(27)21-11-7-8-19(28)15-21/h7-8,11-16,20H,3-6,9-10,17H2,1-2H3,(H,29,33). The molecule has 2 heterocycles. The topological polar surface area (TPSA) is 63.6 Å². The number of hydrogen-bond donors (Lipinski definition) is 1. The fourth-order valence-electron chi connectivity index (χ4n) is 5.38. The molecular formula is C27H30FN3O3. The van der Waals surface area contributed by atoms with Gasteiger partial charge in [-0.05, 0) is 56.2 Å². The number of nitrogens with zero attached hydrogens (tertiary/aromatic N) is 2. The van der Waals surface area contributed by atoms with Crippen molar-refractivity contribution in [3.63, 3.8) is 0 Å². The van der Waals surface area contributed by atoms with Crippen LogP contribution >= 0.6 is 0 Å². The van der Waals surface area contributed by atoms with Crippen molar-refractivity contribution in [2.24, 2.45) is 0 Å². The maximum atomic E-state index is 14.2. The maximum absolute atomic E-state index is 14.2. The first-order valence-corrected chi connectivity index (χ1v) is 12.0.